The molecule has 2 rings (SSSR count). The minimum absolute atomic E-state index is 0.134. The monoisotopic (exact) mass is 197 g/mol. The van der Waals surface area contributed by atoms with Crippen LogP contribution < -0.4 is 5.73 Å². The summed E-state index contributed by atoms with van der Waals surface area (Å²) in [4.78, 5) is 0. The summed E-state index contributed by atoms with van der Waals surface area (Å²) < 4.78 is 10.6. The lowest BCUT2D eigenvalue weighted by atomic mass is 9.81. The minimum Gasteiger partial charge on any atom is -0.422 e. The molecule has 5 nitrogen and oxygen atoms in total. The van der Waals surface area contributed by atoms with Crippen LogP contribution in [0.2, 0.25) is 0 Å². The van der Waals surface area contributed by atoms with Crippen LogP contribution in [0.5, 0.6) is 0 Å². The Morgan fingerprint density at radius 1 is 1.50 bits per heavy atom. The van der Waals surface area contributed by atoms with E-state index in [9.17, 15) is 0 Å². The van der Waals surface area contributed by atoms with Gasteiger partial charge in [-0.3, -0.25) is 0 Å². The maximum atomic E-state index is 5.68. The summed E-state index contributed by atoms with van der Waals surface area (Å²) in [5.74, 6) is 1.60. The number of nitrogens with two attached hydrogens (primary N) is 1. The zero-order valence-electron chi connectivity index (χ0n) is 8.43. The van der Waals surface area contributed by atoms with Gasteiger partial charge in [0.2, 0.25) is 11.8 Å². The van der Waals surface area contributed by atoms with E-state index in [1.807, 2.05) is 6.92 Å². The molecule has 1 aromatic heterocycles. The van der Waals surface area contributed by atoms with Gasteiger partial charge in [-0.1, -0.05) is 0 Å². The van der Waals surface area contributed by atoms with Gasteiger partial charge in [0.15, 0.2) is 0 Å². The Labute approximate surface area is 82.6 Å². The molecule has 1 fully saturated rings. The van der Waals surface area contributed by atoms with E-state index in [0.717, 1.165) is 12.8 Å². The topological polar surface area (TPSA) is 74.2 Å². The Bertz CT molecular complexity index is 307. The van der Waals surface area contributed by atoms with Crippen molar-refractivity contribution in [2.45, 2.75) is 37.8 Å². The lowest BCUT2D eigenvalue weighted by molar-refractivity contribution is 0.0920. The van der Waals surface area contributed by atoms with E-state index in [1.54, 1.807) is 7.11 Å². The number of aromatic nitrogens is 2. The van der Waals surface area contributed by atoms with Crippen molar-refractivity contribution in [2.75, 3.05) is 7.11 Å². The van der Waals surface area contributed by atoms with Gasteiger partial charge in [-0.05, 0) is 19.8 Å². The summed E-state index contributed by atoms with van der Waals surface area (Å²) in [5.41, 5.74) is 5.68. The number of ether oxygens (including phenoxy) is 1. The first-order chi connectivity index (χ1) is 6.70. The Hall–Kier alpha value is -0.940. The largest absolute Gasteiger partial charge is 0.422 e. The standard InChI is InChI=1S/C9H15N3O2/c1-5(13-2)8-11-12-9(14-8)6-3-7(10)4-6/h5-7H,3-4,10H2,1-2H3/t5-,6?,7?/m1/s1. The van der Waals surface area contributed by atoms with E-state index < -0.39 is 0 Å². The number of methoxy groups -OCH3 is 1. The molecule has 1 saturated carbocycles. The Morgan fingerprint density at radius 2 is 2.21 bits per heavy atom. The van der Waals surface area contributed by atoms with Crippen molar-refractivity contribution >= 4 is 0 Å². The molecule has 0 saturated heterocycles. The average molecular weight is 197 g/mol. The van der Waals surface area contributed by atoms with Crippen molar-refractivity contribution in [3.05, 3.63) is 11.8 Å². The second-order valence-corrected chi connectivity index (χ2v) is 3.78. The normalized spacial score (nSPS) is 28.5. The summed E-state index contributed by atoms with van der Waals surface area (Å²) in [6, 6.07) is 0.301. The summed E-state index contributed by atoms with van der Waals surface area (Å²) >= 11 is 0. The maximum absolute atomic E-state index is 5.68. The fraction of sp³-hybridized carbons (Fsp3) is 0.778. The zero-order chi connectivity index (χ0) is 10.1. The van der Waals surface area contributed by atoms with E-state index in [1.165, 1.54) is 0 Å². The number of rotatable bonds is 3. The predicted molar refractivity (Wildman–Crippen MR) is 49.7 cm³/mol. The third kappa shape index (κ3) is 1.65. The molecule has 5 heteroatoms. The summed E-state index contributed by atoms with van der Waals surface area (Å²) in [6.07, 6.45) is 1.76. The third-order valence-electron chi connectivity index (χ3n) is 2.68. The number of nitrogens with zero attached hydrogens (tertiary/aromatic N) is 2. The summed E-state index contributed by atoms with van der Waals surface area (Å²) in [6.45, 7) is 1.88. The molecule has 0 bridgehead atoms. The molecule has 0 amide bonds. The van der Waals surface area contributed by atoms with Crippen LogP contribution >= 0.6 is 0 Å². The van der Waals surface area contributed by atoms with Gasteiger partial charge >= 0.3 is 0 Å². The van der Waals surface area contributed by atoms with Crippen molar-refractivity contribution in [1.82, 2.24) is 10.2 Å². The molecule has 0 unspecified atom stereocenters. The van der Waals surface area contributed by atoms with Gasteiger partial charge in [0.25, 0.3) is 0 Å². The second-order valence-electron chi connectivity index (χ2n) is 3.78. The molecule has 1 heterocycles. The van der Waals surface area contributed by atoms with Gasteiger partial charge in [-0.2, -0.15) is 0 Å². The van der Waals surface area contributed by atoms with Gasteiger partial charge < -0.3 is 14.9 Å². The quantitative estimate of drug-likeness (QED) is 0.781. The number of hydrogen-bond donors (Lipinski definition) is 1. The minimum atomic E-state index is -0.134. The Balaban J connectivity index is 2.03. The molecular formula is C9H15N3O2. The van der Waals surface area contributed by atoms with Gasteiger partial charge in [0.05, 0.1) is 0 Å². The van der Waals surface area contributed by atoms with Crippen LogP contribution in [0.4, 0.5) is 0 Å². The lowest BCUT2D eigenvalue weighted by Gasteiger charge is -2.29. The molecule has 1 aliphatic carbocycles. The van der Waals surface area contributed by atoms with E-state index in [4.69, 9.17) is 14.9 Å². The van der Waals surface area contributed by atoms with Gasteiger partial charge in [0, 0.05) is 19.1 Å². The molecule has 0 aromatic carbocycles. The van der Waals surface area contributed by atoms with E-state index in [2.05, 4.69) is 10.2 Å². The SMILES string of the molecule is CO[C@H](C)c1nnc(C2CC(N)C2)o1. The number of hydrogen-bond acceptors (Lipinski definition) is 5. The van der Waals surface area contributed by atoms with E-state index in [-0.39, 0.29) is 6.10 Å². The first kappa shape index (κ1) is 9.61. The highest BCUT2D eigenvalue weighted by molar-refractivity contribution is 5.01. The maximum Gasteiger partial charge on any atom is 0.244 e. The van der Waals surface area contributed by atoms with Crippen molar-refractivity contribution in [2.24, 2.45) is 5.73 Å². The highest BCUT2D eigenvalue weighted by Gasteiger charge is 2.32. The molecule has 2 N–H and O–H groups in total. The van der Waals surface area contributed by atoms with Crippen LogP contribution in [-0.2, 0) is 4.74 Å². The molecule has 1 atom stereocenters. The first-order valence-electron chi connectivity index (χ1n) is 4.82. The molecule has 0 spiro atoms. The van der Waals surface area contributed by atoms with Crippen LogP contribution in [0.25, 0.3) is 0 Å². The predicted octanol–water partition coefficient (Wildman–Crippen LogP) is 0.982. The fourth-order valence-corrected chi connectivity index (χ4v) is 1.54. The summed E-state index contributed by atoms with van der Waals surface area (Å²) in [7, 11) is 1.62. The zero-order valence-corrected chi connectivity index (χ0v) is 8.43. The van der Waals surface area contributed by atoms with Crippen molar-refractivity contribution in [3.63, 3.8) is 0 Å². The van der Waals surface area contributed by atoms with E-state index >= 15 is 0 Å². The van der Waals surface area contributed by atoms with Crippen LogP contribution in [0.15, 0.2) is 4.42 Å². The highest BCUT2D eigenvalue weighted by Crippen LogP contribution is 2.35. The van der Waals surface area contributed by atoms with Crippen LogP contribution in [0, 0.1) is 0 Å². The molecule has 0 aliphatic heterocycles. The fourth-order valence-electron chi connectivity index (χ4n) is 1.54. The lowest BCUT2D eigenvalue weighted by Crippen LogP contribution is -2.34. The smallest absolute Gasteiger partial charge is 0.244 e. The summed E-state index contributed by atoms with van der Waals surface area (Å²) in [5, 5.41) is 7.92. The van der Waals surface area contributed by atoms with Gasteiger partial charge in [-0.15, -0.1) is 10.2 Å². The third-order valence-corrected chi connectivity index (χ3v) is 2.68. The second kappa shape index (κ2) is 3.67. The highest BCUT2D eigenvalue weighted by atomic mass is 16.5. The van der Waals surface area contributed by atoms with Crippen LogP contribution in [0.1, 0.15) is 43.6 Å². The molecule has 1 aliphatic rings. The molecule has 14 heavy (non-hydrogen) atoms. The molecule has 78 valence electrons. The van der Waals surface area contributed by atoms with Crippen LogP contribution in [0.3, 0.4) is 0 Å². The van der Waals surface area contributed by atoms with Crippen molar-refractivity contribution in [1.29, 1.82) is 0 Å². The Morgan fingerprint density at radius 3 is 2.79 bits per heavy atom. The Kier molecular flexibility index (Phi) is 2.52. The van der Waals surface area contributed by atoms with Crippen molar-refractivity contribution in [3.8, 4) is 0 Å². The van der Waals surface area contributed by atoms with Gasteiger partial charge in [-0.25, -0.2) is 0 Å². The first-order valence-corrected chi connectivity index (χ1v) is 4.82. The molecular weight excluding hydrogens is 182 g/mol. The van der Waals surface area contributed by atoms with Gasteiger partial charge in [0.1, 0.15) is 6.10 Å². The molecule has 0 radical (unpaired) electrons. The average Bonchev–Trinajstić information content (AvgIpc) is 2.60. The van der Waals surface area contributed by atoms with Crippen LogP contribution in [-0.4, -0.2) is 23.3 Å². The van der Waals surface area contributed by atoms with Crippen molar-refractivity contribution < 1.29 is 9.15 Å². The van der Waals surface area contributed by atoms with E-state index in [0.29, 0.717) is 23.7 Å². The molecule has 1 aromatic rings.